The van der Waals surface area contributed by atoms with Crippen LogP contribution in [-0.4, -0.2) is 16.2 Å². The number of nitrogens with zero attached hydrogens (tertiary/aromatic N) is 1. The molecule has 3 rings (SSSR count). The molecule has 0 bridgehead atoms. The smallest absolute Gasteiger partial charge is 0.0651 e. The number of rotatable bonds is 3. The molecule has 0 aliphatic heterocycles. The van der Waals surface area contributed by atoms with Crippen molar-refractivity contribution in [2.45, 2.75) is 33.2 Å². The maximum atomic E-state index is 4.04. The van der Waals surface area contributed by atoms with Gasteiger partial charge >= 0.3 is 0 Å². The molecule has 1 fully saturated rings. The van der Waals surface area contributed by atoms with Crippen LogP contribution in [0.2, 0.25) is 0 Å². The second-order valence-electron chi connectivity index (χ2n) is 5.90. The first kappa shape index (κ1) is 10.6. The van der Waals surface area contributed by atoms with Crippen LogP contribution in [0.1, 0.15) is 27.2 Å². The van der Waals surface area contributed by atoms with E-state index in [0.29, 0.717) is 11.5 Å². The highest BCUT2D eigenvalue weighted by atomic mass is 15.1. The van der Waals surface area contributed by atoms with E-state index in [4.69, 9.17) is 0 Å². The van der Waals surface area contributed by atoms with Crippen molar-refractivity contribution in [1.82, 2.24) is 10.2 Å². The Hall–Kier alpha value is -1.51. The summed E-state index contributed by atoms with van der Waals surface area (Å²) in [5.74, 6) is 0.794. The fraction of sp³-hybridized carbons (Fsp3) is 0.500. The molecule has 2 atom stereocenters. The number of aromatic nitrogens is 2. The zero-order valence-corrected chi connectivity index (χ0v) is 10.6. The monoisotopic (exact) mass is 229 g/mol. The van der Waals surface area contributed by atoms with Crippen LogP contribution >= 0.6 is 0 Å². The summed E-state index contributed by atoms with van der Waals surface area (Å²) in [5.41, 5.74) is 2.80. The molecule has 2 aromatic rings. The van der Waals surface area contributed by atoms with Gasteiger partial charge in [0.1, 0.15) is 0 Å². The van der Waals surface area contributed by atoms with Crippen LogP contribution < -0.4 is 5.32 Å². The number of anilines is 1. The number of H-pyrrole nitrogens is 1. The summed E-state index contributed by atoms with van der Waals surface area (Å²) < 4.78 is 0. The van der Waals surface area contributed by atoms with E-state index in [0.717, 1.165) is 16.8 Å². The Morgan fingerprint density at radius 3 is 2.94 bits per heavy atom. The lowest BCUT2D eigenvalue weighted by atomic mass is 10.0. The highest BCUT2D eigenvalue weighted by molar-refractivity contribution is 5.81. The van der Waals surface area contributed by atoms with Gasteiger partial charge in [-0.2, -0.15) is 5.10 Å². The van der Waals surface area contributed by atoms with Crippen molar-refractivity contribution in [2.24, 2.45) is 11.3 Å². The molecule has 1 aromatic heterocycles. The molecular formula is C14H19N3. The van der Waals surface area contributed by atoms with Gasteiger partial charge in [-0.15, -0.1) is 0 Å². The summed E-state index contributed by atoms with van der Waals surface area (Å²) in [4.78, 5) is 0. The quantitative estimate of drug-likeness (QED) is 0.846. The Balaban J connectivity index is 1.76. The molecule has 90 valence electrons. The van der Waals surface area contributed by atoms with Gasteiger partial charge in [0, 0.05) is 17.1 Å². The third-order valence-electron chi connectivity index (χ3n) is 4.03. The van der Waals surface area contributed by atoms with E-state index in [9.17, 15) is 0 Å². The Kier molecular flexibility index (Phi) is 2.18. The third kappa shape index (κ3) is 1.90. The highest BCUT2D eigenvalue weighted by Crippen LogP contribution is 2.53. The molecule has 0 amide bonds. The number of hydrogen-bond donors (Lipinski definition) is 2. The van der Waals surface area contributed by atoms with Gasteiger partial charge in [0.15, 0.2) is 0 Å². The number of aromatic amines is 1. The molecule has 0 spiro atoms. The van der Waals surface area contributed by atoms with Crippen molar-refractivity contribution in [3.8, 4) is 0 Å². The minimum Gasteiger partial charge on any atom is -0.382 e. The SMILES string of the molecule is C[C@@H](Nc1ccc2[nH]ncc2c1)[C@@H]1CC1(C)C. The average Bonchev–Trinajstić information content (AvgIpc) is 2.73. The third-order valence-corrected chi connectivity index (χ3v) is 4.03. The van der Waals surface area contributed by atoms with Gasteiger partial charge in [-0.3, -0.25) is 5.10 Å². The van der Waals surface area contributed by atoms with Crippen LogP contribution in [0.15, 0.2) is 24.4 Å². The summed E-state index contributed by atoms with van der Waals surface area (Å²) in [7, 11) is 0. The van der Waals surface area contributed by atoms with Crippen molar-refractivity contribution in [3.63, 3.8) is 0 Å². The van der Waals surface area contributed by atoms with E-state index < -0.39 is 0 Å². The summed E-state index contributed by atoms with van der Waals surface area (Å²) in [5, 5.41) is 11.8. The second kappa shape index (κ2) is 3.49. The summed E-state index contributed by atoms with van der Waals surface area (Å²) in [6.07, 6.45) is 3.20. The molecule has 0 saturated heterocycles. The van der Waals surface area contributed by atoms with Gasteiger partial charge in [-0.1, -0.05) is 13.8 Å². The molecule has 3 nitrogen and oxygen atoms in total. The van der Waals surface area contributed by atoms with Gasteiger partial charge in [-0.25, -0.2) is 0 Å². The fourth-order valence-electron chi connectivity index (χ4n) is 2.76. The van der Waals surface area contributed by atoms with Crippen LogP contribution in [-0.2, 0) is 0 Å². The molecular weight excluding hydrogens is 210 g/mol. The van der Waals surface area contributed by atoms with E-state index in [1.165, 1.54) is 12.1 Å². The maximum Gasteiger partial charge on any atom is 0.0651 e. The highest BCUT2D eigenvalue weighted by Gasteiger charge is 2.48. The molecule has 1 heterocycles. The minimum absolute atomic E-state index is 0.520. The van der Waals surface area contributed by atoms with Crippen LogP contribution in [0.3, 0.4) is 0 Å². The first-order valence-electron chi connectivity index (χ1n) is 6.26. The first-order chi connectivity index (χ1) is 8.06. The minimum atomic E-state index is 0.520. The predicted molar refractivity (Wildman–Crippen MR) is 71.1 cm³/mol. The lowest BCUT2D eigenvalue weighted by Gasteiger charge is -2.16. The van der Waals surface area contributed by atoms with E-state index in [1.807, 2.05) is 6.20 Å². The van der Waals surface area contributed by atoms with Crippen LogP contribution in [0.4, 0.5) is 5.69 Å². The van der Waals surface area contributed by atoms with Crippen LogP contribution in [0.5, 0.6) is 0 Å². The van der Waals surface area contributed by atoms with Gasteiger partial charge in [0.25, 0.3) is 0 Å². The normalized spacial score (nSPS) is 23.6. The van der Waals surface area contributed by atoms with Crippen molar-refractivity contribution in [2.75, 3.05) is 5.32 Å². The van der Waals surface area contributed by atoms with E-state index in [-0.39, 0.29) is 0 Å². The van der Waals surface area contributed by atoms with Crippen molar-refractivity contribution in [1.29, 1.82) is 0 Å². The zero-order chi connectivity index (χ0) is 12.0. The Morgan fingerprint density at radius 2 is 2.24 bits per heavy atom. The molecule has 0 radical (unpaired) electrons. The lowest BCUT2D eigenvalue weighted by Crippen LogP contribution is -2.19. The van der Waals surface area contributed by atoms with E-state index >= 15 is 0 Å². The number of hydrogen-bond acceptors (Lipinski definition) is 2. The summed E-state index contributed by atoms with van der Waals surface area (Å²) in [6, 6.07) is 6.89. The van der Waals surface area contributed by atoms with E-state index in [1.54, 1.807) is 0 Å². The molecule has 0 unspecified atom stereocenters. The standard InChI is InChI=1S/C14H19N3/c1-9(12-7-14(12,2)3)16-11-4-5-13-10(6-11)8-15-17-13/h4-6,8-9,12,16H,7H2,1-3H3,(H,15,17)/t9-,12+/m1/s1. The van der Waals surface area contributed by atoms with Gasteiger partial charge in [-0.05, 0) is 42.9 Å². The number of fused-ring (bicyclic) bond motifs is 1. The average molecular weight is 229 g/mol. The van der Waals surface area contributed by atoms with Crippen molar-refractivity contribution in [3.05, 3.63) is 24.4 Å². The Labute approximate surface area is 102 Å². The molecule has 17 heavy (non-hydrogen) atoms. The summed E-state index contributed by atoms with van der Waals surface area (Å²) in [6.45, 7) is 6.96. The van der Waals surface area contributed by atoms with Gasteiger partial charge in [0.05, 0.1) is 11.7 Å². The molecule has 1 aliphatic rings. The predicted octanol–water partition coefficient (Wildman–Crippen LogP) is 3.41. The number of nitrogens with one attached hydrogen (secondary N) is 2. The molecule has 2 N–H and O–H groups in total. The lowest BCUT2D eigenvalue weighted by molar-refractivity contribution is 0.519. The van der Waals surface area contributed by atoms with Gasteiger partial charge in [0.2, 0.25) is 0 Å². The fourth-order valence-corrected chi connectivity index (χ4v) is 2.76. The Morgan fingerprint density at radius 1 is 1.47 bits per heavy atom. The van der Waals surface area contributed by atoms with E-state index in [2.05, 4.69) is 54.5 Å². The summed E-state index contributed by atoms with van der Waals surface area (Å²) >= 11 is 0. The molecule has 1 aliphatic carbocycles. The zero-order valence-electron chi connectivity index (χ0n) is 10.6. The molecule has 1 aromatic carbocycles. The largest absolute Gasteiger partial charge is 0.382 e. The van der Waals surface area contributed by atoms with Crippen molar-refractivity contribution < 1.29 is 0 Å². The first-order valence-corrected chi connectivity index (χ1v) is 6.26. The Bertz CT molecular complexity index is 541. The van der Waals surface area contributed by atoms with Crippen LogP contribution in [0, 0.1) is 11.3 Å². The topological polar surface area (TPSA) is 40.7 Å². The van der Waals surface area contributed by atoms with Crippen molar-refractivity contribution >= 4 is 16.6 Å². The second-order valence-corrected chi connectivity index (χ2v) is 5.90. The van der Waals surface area contributed by atoms with Gasteiger partial charge < -0.3 is 5.32 Å². The van der Waals surface area contributed by atoms with Crippen LogP contribution in [0.25, 0.3) is 10.9 Å². The maximum absolute atomic E-state index is 4.04. The molecule has 1 saturated carbocycles. The number of benzene rings is 1. The molecule has 3 heteroatoms.